The SMILES string of the molecule is COc1ccc(NCCO)c(-c2c(O)cccc2N(C)C)c1N. The van der Waals surface area contributed by atoms with Crippen LogP contribution in [0.1, 0.15) is 0 Å². The van der Waals surface area contributed by atoms with E-state index in [1.165, 1.54) is 0 Å². The van der Waals surface area contributed by atoms with Gasteiger partial charge in [0.05, 0.1) is 25.0 Å². The molecule has 124 valence electrons. The first kappa shape index (κ1) is 16.8. The topological polar surface area (TPSA) is 91.0 Å². The second-order valence-electron chi connectivity index (χ2n) is 5.32. The quantitative estimate of drug-likeness (QED) is 0.610. The predicted molar refractivity (Wildman–Crippen MR) is 94.4 cm³/mol. The van der Waals surface area contributed by atoms with E-state index in [4.69, 9.17) is 15.6 Å². The van der Waals surface area contributed by atoms with Gasteiger partial charge in [0.2, 0.25) is 0 Å². The average molecular weight is 317 g/mol. The van der Waals surface area contributed by atoms with Crippen molar-refractivity contribution in [1.29, 1.82) is 0 Å². The molecule has 6 heteroatoms. The first-order valence-corrected chi connectivity index (χ1v) is 7.32. The van der Waals surface area contributed by atoms with Crippen molar-refractivity contribution < 1.29 is 14.9 Å². The largest absolute Gasteiger partial charge is 0.507 e. The smallest absolute Gasteiger partial charge is 0.142 e. The molecule has 0 amide bonds. The van der Waals surface area contributed by atoms with Gasteiger partial charge in [-0.1, -0.05) is 6.07 Å². The molecule has 0 aliphatic heterocycles. The van der Waals surface area contributed by atoms with Gasteiger partial charge in [-0.25, -0.2) is 0 Å². The standard InChI is InChI=1S/C17H23N3O3/c1-20(2)12-5-4-6-13(22)16(12)15-11(19-9-10-21)7-8-14(23-3)17(15)18/h4-8,19,21-22H,9-10,18H2,1-3H3. The van der Waals surface area contributed by atoms with Crippen LogP contribution in [0.3, 0.4) is 0 Å². The molecule has 0 fully saturated rings. The minimum Gasteiger partial charge on any atom is -0.507 e. The molecule has 0 saturated carbocycles. The fraction of sp³-hybridized carbons (Fsp3) is 0.294. The maximum Gasteiger partial charge on any atom is 0.142 e. The Morgan fingerprint density at radius 3 is 2.52 bits per heavy atom. The first-order chi connectivity index (χ1) is 11.0. The Morgan fingerprint density at radius 1 is 1.17 bits per heavy atom. The van der Waals surface area contributed by atoms with Crippen molar-refractivity contribution in [2.45, 2.75) is 0 Å². The van der Waals surface area contributed by atoms with Gasteiger partial charge in [-0.05, 0) is 24.3 Å². The number of nitrogen functional groups attached to an aromatic ring is 1. The highest BCUT2D eigenvalue weighted by Crippen LogP contribution is 2.47. The van der Waals surface area contributed by atoms with Gasteiger partial charge >= 0.3 is 0 Å². The summed E-state index contributed by atoms with van der Waals surface area (Å²) in [5.41, 5.74) is 9.54. The Hall–Kier alpha value is -2.60. The van der Waals surface area contributed by atoms with Gasteiger partial charge in [-0.15, -0.1) is 0 Å². The van der Waals surface area contributed by atoms with Gasteiger partial charge in [0.25, 0.3) is 0 Å². The zero-order chi connectivity index (χ0) is 17.0. The van der Waals surface area contributed by atoms with Gasteiger partial charge in [0, 0.05) is 37.6 Å². The maximum absolute atomic E-state index is 10.4. The summed E-state index contributed by atoms with van der Waals surface area (Å²) in [6, 6.07) is 8.89. The summed E-state index contributed by atoms with van der Waals surface area (Å²) in [6.07, 6.45) is 0. The summed E-state index contributed by atoms with van der Waals surface area (Å²) < 4.78 is 5.31. The van der Waals surface area contributed by atoms with Gasteiger partial charge in [0.1, 0.15) is 11.5 Å². The van der Waals surface area contributed by atoms with Crippen LogP contribution in [0.4, 0.5) is 17.1 Å². The van der Waals surface area contributed by atoms with Crippen LogP contribution in [-0.2, 0) is 0 Å². The molecule has 2 aromatic carbocycles. The summed E-state index contributed by atoms with van der Waals surface area (Å²) >= 11 is 0. The van der Waals surface area contributed by atoms with E-state index in [-0.39, 0.29) is 12.4 Å². The normalized spacial score (nSPS) is 10.4. The monoisotopic (exact) mass is 317 g/mol. The van der Waals surface area contributed by atoms with E-state index in [2.05, 4.69) is 5.32 Å². The van der Waals surface area contributed by atoms with Gasteiger partial charge < -0.3 is 30.9 Å². The Kier molecular flexibility index (Phi) is 5.18. The van der Waals surface area contributed by atoms with Crippen LogP contribution in [0.15, 0.2) is 30.3 Å². The van der Waals surface area contributed by atoms with E-state index in [9.17, 15) is 5.11 Å². The summed E-state index contributed by atoms with van der Waals surface area (Å²) in [5, 5.41) is 22.6. The van der Waals surface area contributed by atoms with Crippen LogP contribution < -0.4 is 20.7 Å². The third-order valence-corrected chi connectivity index (χ3v) is 3.60. The molecule has 0 spiro atoms. The number of ether oxygens (including phenoxy) is 1. The lowest BCUT2D eigenvalue weighted by molar-refractivity contribution is 0.311. The van der Waals surface area contributed by atoms with Crippen LogP contribution in [0, 0.1) is 0 Å². The lowest BCUT2D eigenvalue weighted by Gasteiger charge is -2.23. The molecule has 2 aromatic rings. The number of aliphatic hydroxyl groups is 1. The Labute approximate surface area is 136 Å². The predicted octanol–water partition coefficient (Wildman–Crippen LogP) is 2.12. The number of nitrogens with one attached hydrogen (secondary N) is 1. The molecular formula is C17H23N3O3. The summed E-state index contributed by atoms with van der Waals surface area (Å²) in [6.45, 7) is 0.371. The number of anilines is 3. The van der Waals surface area contributed by atoms with Crippen LogP contribution in [0.5, 0.6) is 11.5 Å². The average Bonchev–Trinajstić information content (AvgIpc) is 2.53. The second-order valence-corrected chi connectivity index (χ2v) is 5.32. The number of nitrogens with two attached hydrogens (primary N) is 1. The first-order valence-electron chi connectivity index (χ1n) is 7.32. The van der Waals surface area contributed by atoms with Crippen molar-refractivity contribution in [2.75, 3.05) is 50.3 Å². The molecule has 0 bridgehead atoms. The highest BCUT2D eigenvalue weighted by atomic mass is 16.5. The van der Waals surface area contributed by atoms with E-state index in [1.807, 2.05) is 31.1 Å². The van der Waals surface area contributed by atoms with Crippen LogP contribution >= 0.6 is 0 Å². The summed E-state index contributed by atoms with van der Waals surface area (Å²) in [4.78, 5) is 1.91. The van der Waals surface area contributed by atoms with E-state index in [1.54, 1.807) is 25.3 Å². The van der Waals surface area contributed by atoms with Crippen molar-refractivity contribution in [3.8, 4) is 22.6 Å². The molecule has 0 aromatic heterocycles. The van der Waals surface area contributed by atoms with Crippen LogP contribution in [0.2, 0.25) is 0 Å². The molecule has 0 aliphatic rings. The molecule has 6 nitrogen and oxygen atoms in total. The summed E-state index contributed by atoms with van der Waals surface area (Å²) in [7, 11) is 5.35. The van der Waals surface area contributed by atoms with Gasteiger partial charge in [-0.3, -0.25) is 0 Å². The number of aliphatic hydroxyl groups excluding tert-OH is 1. The van der Waals surface area contributed by atoms with Crippen molar-refractivity contribution >= 4 is 17.1 Å². The number of rotatable bonds is 6. The lowest BCUT2D eigenvalue weighted by Crippen LogP contribution is -2.12. The van der Waals surface area contributed by atoms with Crippen molar-refractivity contribution in [3.63, 3.8) is 0 Å². The zero-order valence-corrected chi connectivity index (χ0v) is 13.6. The second kappa shape index (κ2) is 7.11. The molecule has 0 radical (unpaired) electrons. The zero-order valence-electron chi connectivity index (χ0n) is 13.6. The van der Waals surface area contributed by atoms with Gasteiger partial charge in [0.15, 0.2) is 0 Å². The molecule has 0 unspecified atom stereocenters. The highest BCUT2D eigenvalue weighted by molar-refractivity contribution is 5.98. The fourth-order valence-corrected chi connectivity index (χ4v) is 2.54. The molecule has 0 heterocycles. The molecule has 0 aliphatic carbocycles. The fourth-order valence-electron chi connectivity index (χ4n) is 2.54. The molecular weight excluding hydrogens is 294 g/mol. The Bertz CT molecular complexity index is 687. The number of benzene rings is 2. The Morgan fingerprint density at radius 2 is 1.91 bits per heavy atom. The van der Waals surface area contributed by atoms with Gasteiger partial charge in [-0.2, -0.15) is 0 Å². The molecule has 5 N–H and O–H groups in total. The number of aromatic hydroxyl groups is 1. The van der Waals surface area contributed by atoms with Crippen molar-refractivity contribution in [1.82, 2.24) is 0 Å². The number of nitrogens with zero attached hydrogens (tertiary/aromatic N) is 1. The third kappa shape index (κ3) is 3.27. The van der Waals surface area contributed by atoms with Crippen LogP contribution in [0.25, 0.3) is 11.1 Å². The van der Waals surface area contributed by atoms with Crippen molar-refractivity contribution in [3.05, 3.63) is 30.3 Å². The van der Waals surface area contributed by atoms with Crippen LogP contribution in [-0.4, -0.2) is 44.6 Å². The maximum atomic E-state index is 10.4. The summed E-state index contributed by atoms with van der Waals surface area (Å²) in [5.74, 6) is 0.658. The van der Waals surface area contributed by atoms with E-state index in [0.29, 0.717) is 29.1 Å². The molecule has 23 heavy (non-hydrogen) atoms. The number of hydrogen-bond acceptors (Lipinski definition) is 6. The third-order valence-electron chi connectivity index (χ3n) is 3.60. The Balaban J connectivity index is 2.75. The lowest BCUT2D eigenvalue weighted by atomic mass is 9.97. The molecule has 2 rings (SSSR count). The van der Waals surface area contributed by atoms with E-state index in [0.717, 1.165) is 11.4 Å². The minimum atomic E-state index is -0.00726. The number of phenols is 1. The van der Waals surface area contributed by atoms with E-state index < -0.39 is 0 Å². The molecule has 0 atom stereocenters. The number of methoxy groups -OCH3 is 1. The minimum absolute atomic E-state index is 0.00726. The van der Waals surface area contributed by atoms with Crippen molar-refractivity contribution in [2.24, 2.45) is 0 Å². The van der Waals surface area contributed by atoms with E-state index >= 15 is 0 Å². The highest BCUT2D eigenvalue weighted by Gasteiger charge is 2.20. The number of hydrogen-bond donors (Lipinski definition) is 4. The molecule has 0 saturated heterocycles. The number of phenolic OH excluding ortho intramolecular Hbond substituents is 1.